The molecule has 6 nitrogen and oxygen atoms in total. The molecule has 0 saturated heterocycles. The van der Waals surface area contributed by atoms with Crippen LogP contribution in [0.15, 0.2) is 24.3 Å². The fraction of sp³-hybridized carbons (Fsp3) is 0.462. The maximum Gasteiger partial charge on any atom is 0.407 e. The molecule has 1 N–H and O–H groups in total. The fourth-order valence-corrected chi connectivity index (χ4v) is 1.43. The van der Waals surface area contributed by atoms with E-state index in [1.807, 2.05) is 5.32 Å². The molecule has 116 valence electrons. The van der Waals surface area contributed by atoms with Gasteiger partial charge in [0.2, 0.25) is 0 Å². The van der Waals surface area contributed by atoms with Crippen LogP contribution in [0.5, 0.6) is 0 Å². The summed E-state index contributed by atoms with van der Waals surface area (Å²) in [4.78, 5) is 21.1. The Kier molecular flexibility index (Phi) is 4.82. The largest absolute Gasteiger partial charge is 0.444 e. The molecular weight excluding hydrogens is 286 g/mol. The number of carbonyl (C=O) groups is 1. The summed E-state index contributed by atoms with van der Waals surface area (Å²) in [5, 5.41) is 12.4. The smallest absolute Gasteiger partial charge is 0.407 e. The van der Waals surface area contributed by atoms with Crippen LogP contribution in [-0.4, -0.2) is 23.2 Å². The van der Waals surface area contributed by atoms with Gasteiger partial charge in [0.25, 0.3) is 11.6 Å². The maximum atomic E-state index is 13.8. The minimum absolute atomic E-state index is 0.283. The zero-order chi connectivity index (χ0) is 16.3. The summed E-state index contributed by atoms with van der Waals surface area (Å²) in [5.41, 5.74) is -1.49. The first-order chi connectivity index (χ1) is 9.51. The molecule has 1 aromatic rings. The molecular formula is C13H16F2N2O4. The van der Waals surface area contributed by atoms with Crippen LogP contribution in [0.3, 0.4) is 0 Å². The molecule has 0 unspecified atom stereocenters. The van der Waals surface area contributed by atoms with Gasteiger partial charge in [-0.05, 0) is 32.9 Å². The Labute approximate surface area is 120 Å². The van der Waals surface area contributed by atoms with E-state index in [0.717, 1.165) is 24.3 Å². The van der Waals surface area contributed by atoms with Crippen LogP contribution in [0.25, 0.3) is 0 Å². The lowest BCUT2D eigenvalue weighted by Crippen LogP contribution is -2.38. The molecule has 0 aliphatic rings. The highest BCUT2D eigenvalue weighted by Gasteiger charge is 2.33. The third kappa shape index (κ3) is 5.33. The third-order valence-corrected chi connectivity index (χ3v) is 2.35. The molecule has 0 aliphatic heterocycles. The van der Waals surface area contributed by atoms with Gasteiger partial charge in [0.15, 0.2) is 0 Å². The van der Waals surface area contributed by atoms with Crippen molar-refractivity contribution < 1.29 is 23.2 Å². The Balaban J connectivity index is 2.68. The summed E-state index contributed by atoms with van der Waals surface area (Å²) in [5.74, 6) is -3.36. The molecule has 1 rings (SSSR count). The predicted octanol–water partition coefficient (Wildman–Crippen LogP) is 3.21. The van der Waals surface area contributed by atoms with E-state index in [0.29, 0.717) is 0 Å². The lowest BCUT2D eigenvalue weighted by molar-refractivity contribution is -0.384. The molecule has 0 fully saturated rings. The molecule has 8 heteroatoms. The van der Waals surface area contributed by atoms with Crippen molar-refractivity contribution in [3.8, 4) is 0 Å². The number of nitro benzene ring substituents is 1. The maximum absolute atomic E-state index is 13.8. The minimum Gasteiger partial charge on any atom is -0.444 e. The highest BCUT2D eigenvalue weighted by atomic mass is 19.3. The molecule has 0 aliphatic carbocycles. The summed E-state index contributed by atoms with van der Waals surface area (Å²) in [7, 11) is 0. The van der Waals surface area contributed by atoms with Crippen LogP contribution in [0.1, 0.15) is 26.3 Å². The summed E-state index contributed by atoms with van der Waals surface area (Å²) in [6.07, 6.45) is -0.955. The minimum atomic E-state index is -3.36. The number of alkyl carbamates (subject to hydrolysis) is 1. The SMILES string of the molecule is CC(C)(C)OC(=O)NCC(F)(F)c1ccc([N+](=O)[O-])cc1. The second-order valence-electron chi connectivity index (χ2n) is 5.36. The average molecular weight is 302 g/mol. The number of carbonyl (C=O) groups excluding carboxylic acids is 1. The first kappa shape index (κ1) is 16.8. The highest BCUT2D eigenvalue weighted by Crippen LogP contribution is 2.28. The number of halogens is 2. The number of hydrogen-bond acceptors (Lipinski definition) is 4. The van der Waals surface area contributed by atoms with Gasteiger partial charge in [0, 0.05) is 17.7 Å². The average Bonchev–Trinajstić information content (AvgIpc) is 2.34. The molecule has 0 bridgehead atoms. The van der Waals surface area contributed by atoms with E-state index in [4.69, 9.17) is 4.74 Å². The van der Waals surface area contributed by atoms with Crippen molar-refractivity contribution in [3.05, 3.63) is 39.9 Å². The topological polar surface area (TPSA) is 81.5 Å². The number of ether oxygens (including phenoxy) is 1. The van der Waals surface area contributed by atoms with Crippen molar-refractivity contribution in [1.82, 2.24) is 5.32 Å². The van der Waals surface area contributed by atoms with Crippen LogP contribution >= 0.6 is 0 Å². The lowest BCUT2D eigenvalue weighted by Gasteiger charge is -2.22. The van der Waals surface area contributed by atoms with Gasteiger partial charge in [-0.15, -0.1) is 0 Å². The Morgan fingerprint density at radius 2 is 1.81 bits per heavy atom. The van der Waals surface area contributed by atoms with E-state index in [9.17, 15) is 23.7 Å². The first-order valence-corrected chi connectivity index (χ1v) is 6.11. The molecule has 0 spiro atoms. The number of benzene rings is 1. The lowest BCUT2D eigenvalue weighted by atomic mass is 10.1. The molecule has 21 heavy (non-hydrogen) atoms. The van der Waals surface area contributed by atoms with Crippen molar-refractivity contribution in [1.29, 1.82) is 0 Å². The van der Waals surface area contributed by atoms with E-state index in [2.05, 4.69) is 0 Å². The van der Waals surface area contributed by atoms with Crippen molar-refractivity contribution >= 4 is 11.8 Å². The number of nitrogens with one attached hydrogen (secondary N) is 1. The molecule has 1 aromatic carbocycles. The van der Waals surface area contributed by atoms with Crippen LogP contribution in [0, 0.1) is 10.1 Å². The standard InChI is InChI=1S/C13H16F2N2O4/c1-12(2,3)21-11(18)16-8-13(14,15)9-4-6-10(7-5-9)17(19)20/h4-7H,8H2,1-3H3,(H,16,18). The summed E-state index contributed by atoms with van der Waals surface area (Å²) < 4.78 is 32.5. The van der Waals surface area contributed by atoms with Crippen molar-refractivity contribution in [2.24, 2.45) is 0 Å². The number of hydrogen-bond donors (Lipinski definition) is 1. The monoisotopic (exact) mass is 302 g/mol. The van der Waals surface area contributed by atoms with E-state index in [-0.39, 0.29) is 5.69 Å². The number of alkyl halides is 2. The molecule has 0 atom stereocenters. The number of amides is 1. The Morgan fingerprint density at radius 1 is 1.29 bits per heavy atom. The van der Waals surface area contributed by atoms with Gasteiger partial charge < -0.3 is 10.1 Å². The Bertz CT molecular complexity index is 524. The molecule has 0 radical (unpaired) electrons. The quantitative estimate of drug-likeness (QED) is 0.684. The first-order valence-electron chi connectivity index (χ1n) is 6.11. The van der Waals surface area contributed by atoms with Crippen LogP contribution in [0.2, 0.25) is 0 Å². The second kappa shape index (κ2) is 6.02. The van der Waals surface area contributed by atoms with Gasteiger partial charge in [-0.3, -0.25) is 10.1 Å². The van der Waals surface area contributed by atoms with E-state index in [1.165, 1.54) is 0 Å². The summed E-state index contributed by atoms with van der Waals surface area (Å²) in [6.45, 7) is 3.88. The molecule has 0 aromatic heterocycles. The van der Waals surface area contributed by atoms with Crippen LogP contribution in [-0.2, 0) is 10.7 Å². The highest BCUT2D eigenvalue weighted by molar-refractivity contribution is 5.67. The number of nitrogens with zero attached hydrogens (tertiary/aromatic N) is 1. The van der Waals surface area contributed by atoms with Crippen LogP contribution < -0.4 is 5.32 Å². The van der Waals surface area contributed by atoms with Crippen molar-refractivity contribution in [2.75, 3.05) is 6.54 Å². The number of non-ortho nitro benzene ring substituents is 1. The van der Waals surface area contributed by atoms with Gasteiger partial charge in [0.05, 0.1) is 11.5 Å². The predicted molar refractivity (Wildman–Crippen MR) is 71.2 cm³/mol. The van der Waals surface area contributed by atoms with Gasteiger partial charge in [0.1, 0.15) is 5.60 Å². The zero-order valence-electron chi connectivity index (χ0n) is 11.9. The van der Waals surface area contributed by atoms with Gasteiger partial charge in [-0.2, -0.15) is 8.78 Å². The summed E-state index contributed by atoms with van der Waals surface area (Å²) >= 11 is 0. The number of rotatable bonds is 4. The zero-order valence-corrected chi connectivity index (χ0v) is 11.9. The van der Waals surface area contributed by atoms with E-state index in [1.54, 1.807) is 20.8 Å². The molecule has 0 saturated carbocycles. The third-order valence-electron chi connectivity index (χ3n) is 2.35. The van der Waals surface area contributed by atoms with Gasteiger partial charge in [-0.1, -0.05) is 0 Å². The summed E-state index contributed by atoms with van der Waals surface area (Å²) in [6, 6.07) is 3.87. The molecule has 1 amide bonds. The fourth-order valence-electron chi connectivity index (χ4n) is 1.43. The molecule has 0 heterocycles. The second-order valence-corrected chi connectivity index (χ2v) is 5.36. The normalized spacial score (nSPS) is 11.9. The Morgan fingerprint density at radius 3 is 2.24 bits per heavy atom. The number of nitro groups is 1. The van der Waals surface area contributed by atoms with E-state index < -0.39 is 34.6 Å². The Hall–Kier alpha value is -2.25. The van der Waals surface area contributed by atoms with Gasteiger partial charge >= 0.3 is 6.09 Å². The van der Waals surface area contributed by atoms with E-state index >= 15 is 0 Å². The van der Waals surface area contributed by atoms with Crippen molar-refractivity contribution in [3.63, 3.8) is 0 Å². The van der Waals surface area contributed by atoms with Crippen molar-refractivity contribution in [2.45, 2.75) is 32.3 Å². The van der Waals surface area contributed by atoms with Gasteiger partial charge in [-0.25, -0.2) is 4.79 Å². The van der Waals surface area contributed by atoms with Crippen LogP contribution in [0.4, 0.5) is 19.3 Å².